The number of aliphatic hydroxyl groups excluding tert-OH is 1. The fraction of sp³-hybridized carbons (Fsp3) is 0.300. The van der Waals surface area contributed by atoms with Crippen LogP contribution in [-0.2, 0) is 17.6 Å². The Kier molecular flexibility index (Phi) is 5.46. The number of aromatic nitrogens is 2. The van der Waals surface area contributed by atoms with E-state index in [-0.39, 0.29) is 18.4 Å². The first-order valence-electron chi connectivity index (χ1n) is 8.51. The van der Waals surface area contributed by atoms with Gasteiger partial charge in [-0.2, -0.15) is 0 Å². The van der Waals surface area contributed by atoms with Crippen LogP contribution in [0.1, 0.15) is 17.0 Å². The minimum atomic E-state index is -0.0390. The monoisotopic (exact) mass is 337 g/mol. The van der Waals surface area contributed by atoms with Crippen molar-refractivity contribution in [3.05, 3.63) is 65.6 Å². The molecular weight excluding hydrogens is 314 g/mol. The number of carbonyl (C=O) groups excluding carboxylic acids is 1. The van der Waals surface area contributed by atoms with Crippen LogP contribution in [0.3, 0.4) is 0 Å². The zero-order valence-corrected chi connectivity index (χ0v) is 14.3. The van der Waals surface area contributed by atoms with Gasteiger partial charge in [-0.15, -0.1) is 0 Å². The highest BCUT2D eigenvalue weighted by Crippen LogP contribution is 2.22. The first kappa shape index (κ1) is 17.2. The summed E-state index contributed by atoms with van der Waals surface area (Å²) >= 11 is 0. The molecule has 5 nitrogen and oxygen atoms in total. The summed E-state index contributed by atoms with van der Waals surface area (Å²) < 4.78 is 0. The van der Waals surface area contributed by atoms with Crippen LogP contribution in [0.2, 0.25) is 0 Å². The van der Waals surface area contributed by atoms with Gasteiger partial charge in [0.15, 0.2) is 0 Å². The molecule has 0 bridgehead atoms. The summed E-state index contributed by atoms with van der Waals surface area (Å²) in [5.41, 5.74) is 4.01. The van der Waals surface area contributed by atoms with Crippen molar-refractivity contribution in [3.63, 3.8) is 0 Å². The molecule has 5 heteroatoms. The SMILES string of the molecule is Cc1[nH]c2ccccc2c1CC(=O)NCC(CO)Cc1ccccn1. The predicted molar refractivity (Wildman–Crippen MR) is 98.3 cm³/mol. The summed E-state index contributed by atoms with van der Waals surface area (Å²) in [6.07, 6.45) is 2.71. The molecule has 0 spiro atoms. The molecule has 1 amide bonds. The number of hydrogen-bond acceptors (Lipinski definition) is 3. The number of benzene rings is 1. The lowest BCUT2D eigenvalue weighted by molar-refractivity contribution is -0.120. The molecule has 0 radical (unpaired) electrons. The molecule has 0 saturated heterocycles. The third kappa shape index (κ3) is 4.25. The molecule has 3 rings (SSSR count). The van der Waals surface area contributed by atoms with E-state index in [0.29, 0.717) is 19.4 Å². The summed E-state index contributed by atoms with van der Waals surface area (Å²) in [6.45, 7) is 2.44. The largest absolute Gasteiger partial charge is 0.396 e. The van der Waals surface area contributed by atoms with E-state index in [4.69, 9.17) is 0 Å². The van der Waals surface area contributed by atoms with E-state index in [1.54, 1.807) is 6.20 Å². The number of aryl methyl sites for hydroxylation is 1. The normalized spacial score (nSPS) is 12.2. The molecule has 1 aromatic carbocycles. The zero-order chi connectivity index (χ0) is 17.6. The van der Waals surface area contributed by atoms with Crippen molar-refractivity contribution in [1.29, 1.82) is 0 Å². The molecule has 1 atom stereocenters. The number of nitrogens with zero attached hydrogens (tertiary/aromatic N) is 1. The van der Waals surface area contributed by atoms with Gasteiger partial charge in [-0.3, -0.25) is 9.78 Å². The van der Waals surface area contributed by atoms with Crippen LogP contribution in [0.4, 0.5) is 0 Å². The van der Waals surface area contributed by atoms with Gasteiger partial charge in [0.25, 0.3) is 0 Å². The van der Waals surface area contributed by atoms with Crippen LogP contribution in [0.15, 0.2) is 48.7 Å². The number of amides is 1. The molecule has 0 aliphatic rings. The number of carbonyl (C=O) groups is 1. The van der Waals surface area contributed by atoms with Gasteiger partial charge in [0, 0.05) is 47.6 Å². The van der Waals surface area contributed by atoms with Crippen molar-refractivity contribution < 1.29 is 9.90 Å². The second-order valence-corrected chi connectivity index (χ2v) is 6.33. The molecule has 0 saturated carbocycles. The highest BCUT2D eigenvalue weighted by Gasteiger charge is 2.14. The molecule has 0 aliphatic heterocycles. The van der Waals surface area contributed by atoms with Crippen LogP contribution in [0.25, 0.3) is 10.9 Å². The quantitative estimate of drug-likeness (QED) is 0.619. The Morgan fingerprint density at radius 1 is 1.24 bits per heavy atom. The van der Waals surface area contributed by atoms with Crippen molar-refractivity contribution in [2.45, 2.75) is 19.8 Å². The highest BCUT2D eigenvalue weighted by molar-refractivity contribution is 5.90. The van der Waals surface area contributed by atoms with Gasteiger partial charge in [-0.25, -0.2) is 0 Å². The topological polar surface area (TPSA) is 78.0 Å². The van der Waals surface area contributed by atoms with Gasteiger partial charge in [0.2, 0.25) is 5.91 Å². The van der Waals surface area contributed by atoms with E-state index in [2.05, 4.69) is 15.3 Å². The number of nitrogens with one attached hydrogen (secondary N) is 2. The second kappa shape index (κ2) is 7.94. The van der Waals surface area contributed by atoms with Crippen LogP contribution < -0.4 is 5.32 Å². The lowest BCUT2D eigenvalue weighted by Gasteiger charge is -2.14. The predicted octanol–water partition coefficient (Wildman–Crippen LogP) is 2.38. The molecule has 2 heterocycles. The smallest absolute Gasteiger partial charge is 0.224 e. The maximum atomic E-state index is 12.4. The number of para-hydroxylation sites is 1. The Labute approximate surface area is 147 Å². The second-order valence-electron chi connectivity index (χ2n) is 6.33. The van der Waals surface area contributed by atoms with Gasteiger partial charge in [0.05, 0.1) is 6.42 Å². The summed E-state index contributed by atoms with van der Waals surface area (Å²) in [5.74, 6) is -0.0739. The zero-order valence-electron chi connectivity index (χ0n) is 14.3. The van der Waals surface area contributed by atoms with Crippen molar-refractivity contribution >= 4 is 16.8 Å². The highest BCUT2D eigenvalue weighted by atomic mass is 16.3. The first-order valence-corrected chi connectivity index (χ1v) is 8.51. The Balaban J connectivity index is 1.59. The summed E-state index contributed by atoms with van der Waals surface area (Å²) in [4.78, 5) is 19.9. The number of fused-ring (bicyclic) bond motifs is 1. The molecule has 1 unspecified atom stereocenters. The molecule has 130 valence electrons. The van der Waals surface area contributed by atoms with Crippen LogP contribution in [-0.4, -0.2) is 34.1 Å². The number of hydrogen-bond donors (Lipinski definition) is 3. The van der Waals surface area contributed by atoms with Crippen molar-refractivity contribution in [3.8, 4) is 0 Å². The maximum Gasteiger partial charge on any atom is 0.224 e. The molecule has 3 N–H and O–H groups in total. The van der Waals surface area contributed by atoms with Gasteiger partial charge in [-0.05, 0) is 37.1 Å². The first-order chi connectivity index (χ1) is 12.2. The van der Waals surface area contributed by atoms with Gasteiger partial charge >= 0.3 is 0 Å². The van der Waals surface area contributed by atoms with Gasteiger partial charge < -0.3 is 15.4 Å². The Morgan fingerprint density at radius 2 is 2.04 bits per heavy atom. The number of pyridine rings is 1. The van der Waals surface area contributed by atoms with E-state index in [1.807, 2.05) is 49.4 Å². The van der Waals surface area contributed by atoms with E-state index in [0.717, 1.165) is 27.9 Å². The lowest BCUT2D eigenvalue weighted by Crippen LogP contribution is -2.33. The van der Waals surface area contributed by atoms with Gasteiger partial charge in [-0.1, -0.05) is 24.3 Å². The van der Waals surface area contributed by atoms with Crippen LogP contribution in [0.5, 0.6) is 0 Å². The summed E-state index contributed by atoms with van der Waals surface area (Å²) in [7, 11) is 0. The lowest BCUT2D eigenvalue weighted by atomic mass is 10.0. The van der Waals surface area contributed by atoms with Crippen LogP contribution >= 0.6 is 0 Å². The third-order valence-corrected chi connectivity index (χ3v) is 4.43. The third-order valence-electron chi connectivity index (χ3n) is 4.43. The fourth-order valence-electron chi connectivity index (χ4n) is 3.06. The summed E-state index contributed by atoms with van der Waals surface area (Å²) in [5, 5.41) is 13.6. The standard InChI is InChI=1S/C20H23N3O2/c1-14-18(17-7-2-3-8-19(17)23-14)11-20(25)22-12-15(13-24)10-16-6-4-5-9-21-16/h2-9,15,23-24H,10-13H2,1H3,(H,22,25). The van der Waals surface area contributed by atoms with Crippen molar-refractivity contribution in [2.75, 3.05) is 13.2 Å². The van der Waals surface area contributed by atoms with E-state index >= 15 is 0 Å². The number of aliphatic hydroxyl groups is 1. The van der Waals surface area contributed by atoms with Crippen molar-refractivity contribution in [2.24, 2.45) is 5.92 Å². The Morgan fingerprint density at radius 3 is 2.80 bits per heavy atom. The molecule has 2 aromatic heterocycles. The molecule has 3 aromatic rings. The Bertz CT molecular complexity index is 843. The average molecular weight is 337 g/mol. The van der Waals surface area contributed by atoms with E-state index in [9.17, 15) is 9.90 Å². The van der Waals surface area contributed by atoms with Gasteiger partial charge in [0.1, 0.15) is 0 Å². The maximum absolute atomic E-state index is 12.4. The molecule has 0 fully saturated rings. The summed E-state index contributed by atoms with van der Waals surface area (Å²) in [6, 6.07) is 13.7. The molecule has 0 aliphatic carbocycles. The minimum Gasteiger partial charge on any atom is -0.396 e. The fourth-order valence-corrected chi connectivity index (χ4v) is 3.06. The molecule has 25 heavy (non-hydrogen) atoms. The number of H-pyrrole nitrogens is 1. The average Bonchev–Trinajstić information content (AvgIpc) is 2.95. The van der Waals surface area contributed by atoms with E-state index < -0.39 is 0 Å². The number of aromatic amines is 1. The van der Waals surface area contributed by atoms with Crippen molar-refractivity contribution in [1.82, 2.24) is 15.3 Å². The van der Waals surface area contributed by atoms with E-state index in [1.165, 1.54) is 0 Å². The number of rotatable bonds is 7. The molecular formula is C20H23N3O2. The van der Waals surface area contributed by atoms with Crippen LogP contribution in [0, 0.1) is 12.8 Å². The minimum absolute atomic E-state index is 0.0168. The Hall–Kier alpha value is -2.66.